The number of aldehydes is 1. The normalized spacial score (nSPS) is 19.8. The lowest BCUT2D eigenvalue weighted by molar-refractivity contribution is -0.136. The Bertz CT molecular complexity index is 758. The van der Waals surface area contributed by atoms with Crippen LogP contribution in [0.25, 0.3) is 0 Å². The van der Waals surface area contributed by atoms with E-state index < -0.39 is 17.9 Å². The zero-order valence-electron chi connectivity index (χ0n) is 12.7. The molecule has 8 heteroatoms. The Morgan fingerprint density at radius 2 is 2.12 bits per heavy atom. The molecule has 124 valence electrons. The van der Waals surface area contributed by atoms with Crippen LogP contribution in [0.1, 0.15) is 34.3 Å². The van der Waals surface area contributed by atoms with Crippen LogP contribution in [0.4, 0.5) is 0 Å². The Morgan fingerprint density at radius 1 is 1.33 bits per heavy atom. The monoisotopic (exact) mass is 329 g/mol. The van der Waals surface area contributed by atoms with Gasteiger partial charge in [0.25, 0.3) is 11.8 Å². The Labute approximate surface area is 137 Å². The fourth-order valence-electron chi connectivity index (χ4n) is 3.04. The predicted molar refractivity (Wildman–Crippen MR) is 80.4 cm³/mol. The Hall–Kier alpha value is -3.03. The summed E-state index contributed by atoms with van der Waals surface area (Å²) in [6.45, 7) is 0.352. The second-order valence-electron chi connectivity index (χ2n) is 5.68. The molecule has 1 atom stereocenters. The largest absolute Gasteiger partial charge is 0.346 e. The van der Waals surface area contributed by atoms with Crippen molar-refractivity contribution in [2.45, 2.75) is 32.0 Å². The van der Waals surface area contributed by atoms with Gasteiger partial charge in [-0.05, 0) is 23.6 Å². The molecule has 0 saturated carbocycles. The molecular formula is C16H15N3O5. The first kappa shape index (κ1) is 15.9. The van der Waals surface area contributed by atoms with E-state index >= 15 is 0 Å². The Morgan fingerprint density at radius 3 is 2.83 bits per heavy atom. The fraction of sp³-hybridized carbons (Fsp3) is 0.312. The van der Waals surface area contributed by atoms with E-state index in [-0.39, 0.29) is 37.6 Å². The van der Waals surface area contributed by atoms with Gasteiger partial charge in [-0.25, -0.2) is 0 Å². The molecule has 4 amide bonds. The van der Waals surface area contributed by atoms with Crippen molar-refractivity contribution in [3.05, 3.63) is 34.9 Å². The molecule has 2 aliphatic rings. The minimum atomic E-state index is -0.737. The molecule has 8 nitrogen and oxygen atoms in total. The van der Waals surface area contributed by atoms with Crippen LogP contribution in [-0.2, 0) is 32.3 Å². The molecule has 2 N–H and O–H groups in total. The SMILES string of the molecule is O=CC(=O)NCc1cccc2c1CN(C1CCC(=O)NC1=O)C2=O. The summed E-state index contributed by atoms with van der Waals surface area (Å²) in [5, 5.41) is 4.69. The zero-order valence-corrected chi connectivity index (χ0v) is 12.7. The van der Waals surface area contributed by atoms with Crippen molar-refractivity contribution < 1.29 is 24.0 Å². The quantitative estimate of drug-likeness (QED) is 0.429. The van der Waals surface area contributed by atoms with E-state index in [0.717, 1.165) is 5.56 Å². The molecule has 0 aliphatic carbocycles. The zero-order chi connectivity index (χ0) is 17.3. The summed E-state index contributed by atoms with van der Waals surface area (Å²) >= 11 is 0. The molecular weight excluding hydrogens is 314 g/mol. The number of nitrogens with one attached hydrogen (secondary N) is 2. The fourth-order valence-corrected chi connectivity index (χ4v) is 3.04. The molecule has 0 spiro atoms. The van der Waals surface area contributed by atoms with Gasteiger partial charge < -0.3 is 10.2 Å². The van der Waals surface area contributed by atoms with Crippen molar-refractivity contribution in [3.8, 4) is 0 Å². The molecule has 1 fully saturated rings. The first-order valence-electron chi connectivity index (χ1n) is 7.49. The van der Waals surface area contributed by atoms with E-state index in [2.05, 4.69) is 10.6 Å². The molecule has 0 radical (unpaired) electrons. The number of hydrogen-bond donors (Lipinski definition) is 2. The lowest BCUT2D eigenvalue weighted by atomic mass is 10.0. The maximum absolute atomic E-state index is 12.6. The first-order valence-corrected chi connectivity index (χ1v) is 7.49. The third kappa shape index (κ3) is 2.78. The summed E-state index contributed by atoms with van der Waals surface area (Å²) < 4.78 is 0. The molecule has 1 aromatic rings. The number of carbonyl (C=O) groups excluding carboxylic acids is 5. The van der Waals surface area contributed by atoms with Gasteiger partial charge in [-0.3, -0.25) is 29.3 Å². The third-order valence-electron chi connectivity index (χ3n) is 4.24. The van der Waals surface area contributed by atoms with Gasteiger partial charge in [-0.2, -0.15) is 0 Å². The second-order valence-corrected chi connectivity index (χ2v) is 5.68. The lowest BCUT2D eigenvalue weighted by Gasteiger charge is -2.29. The molecule has 2 aliphatic heterocycles. The molecule has 1 unspecified atom stereocenters. The van der Waals surface area contributed by atoms with Gasteiger partial charge in [0, 0.05) is 25.1 Å². The molecule has 2 heterocycles. The van der Waals surface area contributed by atoms with E-state index in [1.165, 1.54) is 4.90 Å². The number of piperidine rings is 1. The van der Waals surface area contributed by atoms with Crippen molar-refractivity contribution in [1.82, 2.24) is 15.5 Å². The predicted octanol–water partition coefficient (Wildman–Crippen LogP) is -0.737. The van der Waals surface area contributed by atoms with Crippen molar-refractivity contribution in [2.24, 2.45) is 0 Å². The number of rotatable bonds is 4. The van der Waals surface area contributed by atoms with Gasteiger partial charge in [-0.1, -0.05) is 12.1 Å². The first-order chi connectivity index (χ1) is 11.5. The Kier molecular flexibility index (Phi) is 4.11. The number of carbonyl (C=O) groups is 5. The number of imide groups is 1. The van der Waals surface area contributed by atoms with Gasteiger partial charge in [-0.15, -0.1) is 0 Å². The molecule has 1 aromatic carbocycles. The van der Waals surface area contributed by atoms with Crippen LogP contribution in [0.3, 0.4) is 0 Å². The van der Waals surface area contributed by atoms with Crippen LogP contribution < -0.4 is 10.6 Å². The molecule has 3 rings (SSSR count). The molecule has 0 bridgehead atoms. The average molecular weight is 329 g/mol. The smallest absolute Gasteiger partial charge is 0.284 e. The Balaban J connectivity index is 1.82. The van der Waals surface area contributed by atoms with Crippen LogP contribution in [0.2, 0.25) is 0 Å². The highest BCUT2D eigenvalue weighted by Gasteiger charge is 2.39. The van der Waals surface area contributed by atoms with E-state index in [1.807, 2.05) is 0 Å². The summed E-state index contributed by atoms with van der Waals surface area (Å²) in [6.07, 6.45) is 0.671. The molecule has 24 heavy (non-hydrogen) atoms. The van der Waals surface area contributed by atoms with Crippen molar-refractivity contribution in [2.75, 3.05) is 0 Å². The molecule has 1 saturated heterocycles. The highest BCUT2D eigenvalue weighted by atomic mass is 16.2. The van der Waals surface area contributed by atoms with Crippen molar-refractivity contribution in [1.29, 1.82) is 0 Å². The van der Waals surface area contributed by atoms with Gasteiger partial charge in [0.05, 0.1) is 0 Å². The number of hydrogen-bond acceptors (Lipinski definition) is 5. The molecule has 0 aromatic heterocycles. The summed E-state index contributed by atoms with van der Waals surface area (Å²) in [5.74, 6) is -1.82. The van der Waals surface area contributed by atoms with Crippen LogP contribution in [0.5, 0.6) is 0 Å². The van der Waals surface area contributed by atoms with E-state index in [9.17, 15) is 24.0 Å². The number of nitrogens with zero attached hydrogens (tertiary/aromatic N) is 1. The van der Waals surface area contributed by atoms with E-state index in [4.69, 9.17) is 0 Å². The van der Waals surface area contributed by atoms with Crippen LogP contribution in [-0.4, -0.2) is 40.9 Å². The van der Waals surface area contributed by atoms with Gasteiger partial charge in [0.2, 0.25) is 18.1 Å². The van der Waals surface area contributed by atoms with Crippen molar-refractivity contribution >= 4 is 29.9 Å². The maximum Gasteiger partial charge on any atom is 0.284 e. The standard InChI is InChI=1S/C16H15N3O5/c20-8-14(22)17-6-9-2-1-3-10-11(9)7-19(16(10)24)12-4-5-13(21)18-15(12)23/h1-3,8,12H,4-7H2,(H,17,22)(H,18,21,23). The number of fused-ring (bicyclic) bond motifs is 1. The summed E-state index contributed by atoms with van der Waals surface area (Å²) in [5.41, 5.74) is 1.90. The summed E-state index contributed by atoms with van der Waals surface area (Å²) in [4.78, 5) is 58.8. The minimum Gasteiger partial charge on any atom is -0.346 e. The highest BCUT2D eigenvalue weighted by molar-refractivity contribution is 6.23. The summed E-state index contributed by atoms with van der Waals surface area (Å²) in [7, 11) is 0. The highest BCUT2D eigenvalue weighted by Crippen LogP contribution is 2.29. The summed E-state index contributed by atoms with van der Waals surface area (Å²) in [6, 6.07) is 4.42. The number of amides is 4. The second kappa shape index (κ2) is 6.23. The van der Waals surface area contributed by atoms with E-state index in [0.29, 0.717) is 17.5 Å². The average Bonchev–Trinajstić information content (AvgIpc) is 2.90. The van der Waals surface area contributed by atoms with Crippen molar-refractivity contribution in [3.63, 3.8) is 0 Å². The van der Waals surface area contributed by atoms with Crippen LogP contribution in [0, 0.1) is 0 Å². The lowest BCUT2D eigenvalue weighted by Crippen LogP contribution is -2.52. The van der Waals surface area contributed by atoms with Crippen LogP contribution >= 0.6 is 0 Å². The van der Waals surface area contributed by atoms with Gasteiger partial charge >= 0.3 is 0 Å². The number of benzene rings is 1. The van der Waals surface area contributed by atoms with E-state index in [1.54, 1.807) is 18.2 Å². The topological polar surface area (TPSA) is 113 Å². The van der Waals surface area contributed by atoms with Crippen LogP contribution in [0.15, 0.2) is 18.2 Å². The maximum atomic E-state index is 12.6. The minimum absolute atomic E-state index is 0.122. The van der Waals surface area contributed by atoms with Gasteiger partial charge in [0.1, 0.15) is 6.04 Å². The third-order valence-corrected chi connectivity index (χ3v) is 4.24. The van der Waals surface area contributed by atoms with Gasteiger partial charge in [0.15, 0.2) is 0 Å².